The van der Waals surface area contributed by atoms with Gasteiger partial charge >= 0.3 is 0 Å². The second-order valence-corrected chi connectivity index (χ2v) is 6.61. The smallest absolute Gasteiger partial charge is 0.224 e. The van der Waals surface area contributed by atoms with Crippen molar-refractivity contribution in [3.8, 4) is 0 Å². The van der Waals surface area contributed by atoms with E-state index in [0.717, 1.165) is 12.0 Å². The van der Waals surface area contributed by atoms with Crippen LogP contribution in [0.15, 0.2) is 54.6 Å². The Balaban J connectivity index is 1.35. The summed E-state index contributed by atoms with van der Waals surface area (Å²) in [6.45, 7) is 3.01. The first-order chi connectivity index (χ1) is 12.1. The summed E-state index contributed by atoms with van der Waals surface area (Å²) in [5, 5.41) is 5.77. The molecule has 2 N–H and O–H groups in total. The van der Waals surface area contributed by atoms with Crippen LogP contribution in [-0.2, 0) is 16.0 Å². The molecule has 1 aliphatic carbocycles. The maximum absolute atomic E-state index is 12.2. The highest BCUT2D eigenvalue weighted by Gasteiger charge is 2.44. The molecular weight excluding hydrogens is 312 g/mol. The van der Waals surface area contributed by atoms with Gasteiger partial charge in [-0.05, 0) is 36.0 Å². The summed E-state index contributed by atoms with van der Waals surface area (Å²) in [5.41, 5.74) is 3.51. The van der Waals surface area contributed by atoms with Crippen LogP contribution in [0.4, 0.5) is 0 Å². The van der Waals surface area contributed by atoms with Crippen LogP contribution in [0.5, 0.6) is 0 Å². The third-order valence-electron chi connectivity index (χ3n) is 4.67. The zero-order chi connectivity index (χ0) is 17.6. The third kappa shape index (κ3) is 4.69. The quantitative estimate of drug-likeness (QED) is 0.764. The molecular formula is C21H24N2O2. The van der Waals surface area contributed by atoms with Crippen molar-refractivity contribution in [1.82, 2.24) is 10.6 Å². The van der Waals surface area contributed by atoms with Crippen LogP contribution in [0.25, 0.3) is 0 Å². The van der Waals surface area contributed by atoms with Gasteiger partial charge < -0.3 is 10.6 Å². The summed E-state index contributed by atoms with van der Waals surface area (Å²) in [4.78, 5) is 24.1. The van der Waals surface area contributed by atoms with Crippen molar-refractivity contribution in [2.24, 2.45) is 5.92 Å². The average Bonchev–Trinajstić information content (AvgIpc) is 3.40. The van der Waals surface area contributed by atoms with Gasteiger partial charge in [-0.15, -0.1) is 0 Å². The minimum Gasteiger partial charge on any atom is -0.354 e. The zero-order valence-corrected chi connectivity index (χ0v) is 14.5. The Morgan fingerprint density at radius 2 is 1.64 bits per heavy atom. The maximum Gasteiger partial charge on any atom is 0.224 e. The molecule has 0 unspecified atom stereocenters. The number of amides is 2. The van der Waals surface area contributed by atoms with Crippen LogP contribution in [0, 0.1) is 12.8 Å². The number of aryl methyl sites for hydroxylation is 1. The molecule has 2 aromatic rings. The van der Waals surface area contributed by atoms with Crippen molar-refractivity contribution in [3.05, 3.63) is 71.3 Å². The number of carbonyl (C=O) groups excluding carboxylic acids is 2. The van der Waals surface area contributed by atoms with Crippen LogP contribution in [0.2, 0.25) is 0 Å². The van der Waals surface area contributed by atoms with Gasteiger partial charge in [-0.3, -0.25) is 9.59 Å². The molecule has 130 valence electrons. The molecule has 3 rings (SSSR count). The van der Waals surface area contributed by atoms with Crippen LogP contribution in [0.1, 0.15) is 29.0 Å². The maximum atomic E-state index is 12.2. The van der Waals surface area contributed by atoms with E-state index in [1.807, 2.05) is 42.5 Å². The molecule has 2 amide bonds. The Kier molecular flexibility index (Phi) is 5.49. The largest absolute Gasteiger partial charge is 0.354 e. The molecule has 0 spiro atoms. The lowest BCUT2D eigenvalue weighted by Gasteiger charge is -2.08. The van der Waals surface area contributed by atoms with E-state index < -0.39 is 0 Å². The summed E-state index contributed by atoms with van der Waals surface area (Å²) in [6, 6.07) is 17.9. The number of benzene rings is 2. The molecule has 0 saturated heterocycles. The van der Waals surface area contributed by atoms with Gasteiger partial charge in [0.25, 0.3) is 0 Å². The normalized spacial score (nSPS) is 18.4. The first-order valence-electron chi connectivity index (χ1n) is 8.79. The predicted octanol–water partition coefficient (Wildman–Crippen LogP) is 2.57. The van der Waals surface area contributed by atoms with E-state index in [2.05, 4.69) is 29.7 Å². The second kappa shape index (κ2) is 7.97. The number of hydrogen-bond acceptors (Lipinski definition) is 2. The number of nitrogens with one attached hydrogen (secondary N) is 2. The fourth-order valence-corrected chi connectivity index (χ4v) is 3.19. The van der Waals surface area contributed by atoms with Crippen molar-refractivity contribution < 1.29 is 9.59 Å². The fourth-order valence-electron chi connectivity index (χ4n) is 3.19. The number of rotatable bonds is 7. The highest BCUT2D eigenvalue weighted by atomic mass is 16.2. The number of hydrogen-bond donors (Lipinski definition) is 2. The van der Waals surface area contributed by atoms with Gasteiger partial charge in [0.05, 0.1) is 6.42 Å². The van der Waals surface area contributed by atoms with E-state index >= 15 is 0 Å². The molecule has 1 fully saturated rings. The van der Waals surface area contributed by atoms with Gasteiger partial charge in [0, 0.05) is 19.0 Å². The lowest BCUT2D eigenvalue weighted by atomic mass is 10.0. The van der Waals surface area contributed by atoms with Crippen LogP contribution >= 0.6 is 0 Å². The highest BCUT2D eigenvalue weighted by molar-refractivity contribution is 5.83. The van der Waals surface area contributed by atoms with Crippen molar-refractivity contribution in [1.29, 1.82) is 0 Å². The number of carbonyl (C=O) groups is 2. The predicted molar refractivity (Wildman–Crippen MR) is 98.2 cm³/mol. The lowest BCUT2D eigenvalue weighted by Crippen LogP contribution is -2.36. The summed E-state index contributed by atoms with van der Waals surface area (Å²) < 4.78 is 0. The zero-order valence-electron chi connectivity index (χ0n) is 14.5. The lowest BCUT2D eigenvalue weighted by molar-refractivity contribution is -0.123. The van der Waals surface area contributed by atoms with Gasteiger partial charge in [0.1, 0.15) is 0 Å². The highest BCUT2D eigenvalue weighted by Crippen LogP contribution is 2.48. The molecule has 4 heteroatoms. The molecule has 0 aliphatic heterocycles. The van der Waals surface area contributed by atoms with E-state index in [-0.39, 0.29) is 17.7 Å². The van der Waals surface area contributed by atoms with Crippen molar-refractivity contribution in [3.63, 3.8) is 0 Å². The molecule has 2 atom stereocenters. The first-order valence-corrected chi connectivity index (χ1v) is 8.79. The Labute approximate surface area is 148 Å². The molecule has 0 bridgehead atoms. The Hall–Kier alpha value is -2.62. The van der Waals surface area contributed by atoms with E-state index in [0.29, 0.717) is 25.4 Å². The Bertz CT molecular complexity index is 743. The molecule has 2 aromatic carbocycles. The first kappa shape index (κ1) is 17.2. The van der Waals surface area contributed by atoms with Gasteiger partial charge in [0.2, 0.25) is 11.8 Å². The molecule has 0 aromatic heterocycles. The topological polar surface area (TPSA) is 58.2 Å². The third-order valence-corrected chi connectivity index (χ3v) is 4.67. The monoisotopic (exact) mass is 336 g/mol. The van der Waals surface area contributed by atoms with Crippen molar-refractivity contribution >= 4 is 11.8 Å². The fraction of sp³-hybridized carbons (Fsp3) is 0.333. The molecule has 4 nitrogen and oxygen atoms in total. The minimum atomic E-state index is -0.0235. The average molecular weight is 336 g/mol. The summed E-state index contributed by atoms with van der Waals surface area (Å²) >= 11 is 0. The van der Waals surface area contributed by atoms with Crippen molar-refractivity contribution in [2.75, 3.05) is 13.1 Å². The minimum absolute atomic E-state index is 0.0235. The standard InChI is InChI=1S/C21H24N2O2/c1-15-7-5-6-10-17(15)18-14-19(18)21(25)23-12-11-22-20(24)13-16-8-3-2-4-9-16/h2-10,18-19H,11-14H2,1H3,(H,22,24)(H,23,25)/t18-,19+/m0/s1. The van der Waals surface area contributed by atoms with Crippen LogP contribution in [-0.4, -0.2) is 24.9 Å². The SMILES string of the molecule is Cc1ccccc1[C@@H]1C[C@H]1C(=O)NCCNC(=O)Cc1ccccc1. The summed E-state index contributed by atoms with van der Waals surface area (Å²) in [6.07, 6.45) is 1.28. The second-order valence-electron chi connectivity index (χ2n) is 6.61. The van der Waals surface area contributed by atoms with Gasteiger partial charge in [-0.2, -0.15) is 0 Å². The van der Waals surface area contributed by atoms with Crippen LogP contribution < -0.4 is 10.6 Å². The van der Waals surface area contributed by atoms with E-state index in [1.165, 1.54) is 11.1 Å². The van der Waals surface area contributed by atoms with Gasteiger partial charge in [-0.1, -0.05) is 54.6 Å². The van der Waals surface area contributed by atoms with Gasteiger partial charge in [-0.25, -0.2) is 0 Å². The molecule has 0 radical (unpaired) electrons. The van der Waals surface area contributed by atoms with E-state index in [4.69, 9.17) is 0 Å². The Morgan fingerprint density at radius 1 is 0.960 bits per heavy atom. The van der Waals surface area contributed by atoms with E-state index in [9.17, 15) is 9.59 Å². The summed E-state index contributed by atoms with van der Waals surface area (Å²) in [7, 11) is 0. The van der Waals surface area contributed by atoms with Gasteiger partial charge in [0.15, 0.2) is 0 Å². The Morgan fingerprint density at radius 3 is 2.40 bits per heavy atom. The van der Waals surface area contributed by atoms with E-state index in [1.54, 1.807) is 0 Å². The molecule has 0 heterocycles. The summed E-state index contributed by atoms with van der Waals surface area (Å²) in [5.74, 6) is 0.477. The molecule has 25 heavy (non-hydrogen) atoms. The molecule has 1 saturated carbocycles. The molecule has 1 aliphatic rings. The van der Waals surface area contributed by atoms with Crippen molar-refractivity contribution in [2.45, 2.75) is 25.7 Å². The van der Waals surface area contributed by atoms with Crippen LogP contribution in [0.3, 0.4) is 0 Å².